The van der Waals surface area contributed by atoms with Crippen LogP contribution in [0.1, 0.15) is 6.92 Å². The van der Waals surface area contributed by atoms with Gasteiger partial charge in [0.15, 0.2) is 0 Å². The highest BCUT2D eigenvalue weighted by atomic mass is 16.2. The van der Waals surface area contributed by atoms with Crippen molar-refractivity contribution < 1.29 is 9.59 Å². The van der Waals surface area contributed by atoms with Crippen LogP contribution in [0.25, 0.3) is 0 Å². The van der Waals surface area contributed by atoms with E-state index in [1.807, 2.05) is 6.07 Å². The van der Waals surface area contributed by atoms with Crippen molar-refractivity contribution in [2.45, 2.75) is 6.92 Å². The number of hydrogen-bond donors (Lipinski definition) is 3. The van der Waals surface area contributed by atoms with Crippen LogP contribution >= 0.6 is 0 Å². The van der Waals surface area contributed by atoms with Crippen LogP contribution in [0.3, 0.4) is 0 Å². The fraction of sp³-hybridized carbons (Fsp3) is 0.583. The maximum atomic E-state index is 12.0. The molecule has 1 fully saturated rings. The van der Waals surface area contributed by atoms with E-state index in [0.717, 1.165) is 13.1 Å². The summed E-state index contributed by atoms with van der Waals surface area (Å²) in [7, 11) is 0. The van der Waals surface area contributed by atoms with Crippen LogP contribution in [0.4, 0.5) is 0 Å². The zero-order chi connectivity index (χ0) is 14.1. The SMILES string of the molecule is CC(=O)NCCN/C=C(/C#N)C(=O)N1CCNCC1. The summed E-state index contributed by atoms with van der Waals surface area (Å²) in [5.41, 5.74) is 0.0877. The Kier molecular flexibility index (Phi) is 6.39. The minimum Gasteiger partial charge on any atom is -0.388 e. The molecule has 0 aromatic carbocycles. The van der Waals surface area contributed by atoms with E-state index in [-0.39, 0.29) is 17.4 Å². The van der Waals surface area contributed by atoms with Gasteiger partial charge in [0.1, 0.15) is 11.6 Å². The van der Waals surface area contributed by atoms with Crippen molar-refractivity contribution >= 4 is 11.8 Å². The normalized spacial score (nSPS) is 15.6. The van der Waals surface area contributed by atoms with E-state index in [0.29, 0.717) is 26.2 Å². The molecule has 0 aromatic rings. The van der Waals surface area contributed by atoms with Gasteiger partial charge in [0.25, 0.3) is 5.91 Å². The summed E-state index contributed by atoms with van der Waals surface area (Å²) >= 11 is 0. The van der Waals surface area contributed by atoms with Crippen LogP contribution < -0.4 is 16.0 Å². The molecular weight excluding hydrogens is 246 g/mol. The lowest BCUT2D eigenvalue weighted by Gasteiger charge is -2.27. The summed E-state index contributed by atoms with van der Waals surface area (Å²) in [4.78, 5) is 24.3. The van der Waals surface area contributed by atoms with E-state index in [2.05, 4.69) is 16.0 Å². The van der Waals surface area contributed by atoms with Gasteiger partial charge in [0.05, 0.1) is 0 Å². The van der Waals surface area contributed by atoms with Crippen molar-refractivity contribution in [2.24, 2.45) is 0 Å². The third-order valence-electron chi connectivity index (χ3n) is 2.64. The first kappa shape index (κ1) is 15.0. The molecule has 0 unspecified atom stereocenters. The molecule has 1 aliphatic heterocycles. The largest absolute Gasteiger partial charge is 0.388 e. The Morgan fingerprint density at radius 1 is 1.37 bits per heavy atom. The summed E-state index contributed by atoms with van der Waals surface area (Å²) in [6, 6.07) is 1.90. The van der Waals surface area contributed by atoms with Gasteiger partial charge in [-0.3, -0.25) is 9.59 Å². The van der Waals surface area contributed by atoms with Gasteiger partial charge in [-0.05, 0) is 0 Å². The van der Waals surface area contributed by atoms with Gasteiger partial charge in [-0.2, -0.15) is 5.26 Å². The molecule has 1 heterocycles. The number of amides is 2. The average Bonchev–Trinajstić information content (AvgIpc) is 2.43. The second kappa shape index (κ2) is 8.11. The lowest BCUT2D eigenvalue weighted by Crippen LogP contribution is -2.47. The monoisotopic (exact) mass is 265 g/mol. The molecule has 3 N–H and O–H groups in total. The number of rotatable bonds is 5. The third-order valence-corrected chi connectivity index (χ3v) is 2.64. The fourth-order valence-corrected chi connectivity index (χ4v) is 1.67. The van der Waals surface area contributed by atoms with E-state index in [1.54, 1.807) is 4.90 Å². The Hall–Kier alpha value is -2.07. The molecule has 0 aliphatic carbocycles. The van der Waals surface area contributed by atoms with Gasteiger partial charge >= 0.3 is 0 Å². The van der Waals surface area contributed by atoms with E-state index >= 15 is 0 Å². The van der Waals surface area contributed by atoms with Crippen molar-refractivity contribution in [3.63, 3.8) is 0 Å². The molecule has 1 aliphatic rings. The predicted octanol–water partition coefficient (Wildman–Crippen LogP) is -1.45. The van der Waals surface area contributed by atoms with Gasteiger partial charge in [-0.1, -0.05) is 0 Å². The van der Waals surface area contributed by atoms with Gasteiger partial charge in [0, 0.05) is 52.4 Å². The molecule has 1 saturated heterocycles. The Morgan fingerprint density at radius 3 is 2.63 bits per heavy atom. The minimum absolute atomic E-state index is 0.0877. The molecule has 2 amide bonds. The highest BCUT2D eigenvalue weighted by Gasteiger charge is 2.19. The van der Waals surface area contributed by atoms with Crippen LogP contribution in [0.2, 0.25) is 0 Å². The molecule has 7 nitrogen and oxygen atoms in total. The van der Waals surface area contributed by atoms with E-state index < -0.39 is 0 Å². The van der Waals surface area contributed by atoms with Crippen LogP contribution in [-0.4, -0.2) is 56.0 Å². The molecule has 104 valence electrons. The van der Waals surface area contributed by atoms with Gasteiger partial charge < -0.3 is 20.9 Å². The summed E-state index contributed by atoms with van der Waals surface area (Å²) in [6.45, 7) is 5.09. The van der Waals surface area contributed by atoms with Crippen molar-refractivity contribution in [1.82, 2.24) is 20.9 Å². The molecule has 1 rings (SSSR count). The number of nitriles is 1. The highest BCUT2D eigenvalue weighted by Crippen LogP contribution is 2.01. The third kappa shape index (κ3) is 5.40. The maximum absolute atomic E-state index is 12.0. The Bertz CT molecular complexity index is 393. The molecular formula is C12H19N5O2. The topological polar surface area (TPSA) is 97.3 Å². The molecule has 19 heavy (non-hydrogen) atoms. The molecule has 0 aromatic heterocycles. The lowest BCUT2D eigenvalue weighted by molar-refractivity contribution is -0.127. The van der Waals surface area contributed by atoms with Crippen molar-refractivity contribution in [3.05, 3.63) is 11.8 Å². The zero-order valence-electron chi connectivity index (χ0n) is 11.0. The summed E-state index contributed by atoms with van der Waals surface area (Å²) < 4.78 is 0. The number of carbonyl (C=O) groups excluding carboxylic acids is 2. The molecule has 0 saturated carbocycles. The Morgan fingerprint density at radius 2 is 2.05 bits per heavy atom. The van der Waals surface area contributed by atoms with Crippen LogP contribution in [0.5, 0.6) is 0 Å². The average molecular weight is 265 g/mol. The van der Waals surface area contributed by atoms with Gasteiger partial charge in [0.2, 0.25) is 5.91 Å². The minimum atomic E-state index is -0.254. The molecule has 0 radical (unpaired) electrons. The Labute approximate surface area is 112 Å². The first-order valence-electron chi connectivity index (χ1n) is 6.23. The van der Waals surface area contributed by atoms with E-state index in [1.165, 1.54) is 13.1 Å². The molecule has 7 heteroatoms. The predicted molar refractivity (Wildman–Crippen MR) is 69.8 cm³/mol. The Balaban J connectivity index is 2.40. The van der Waals surface area contributed by atoms with Crippen molar-refractivity contribution in [2.75, 3.05) is 39.3 Å². The number of hydrogen-bond acceptors (Lipinski definition) is 5. The molecule has 0 atom stereocenters. The first-order chi connectivity index (χ1) is 9.15. The van der Waals surface area contributed by atoms with Crippen molar-refractivity contribution in [1.29, 1.82) is 5.26 Å². The fourth-order valence-electron chi connectivity index (χ4n) is 1.67. The lowest BCUT2D eigenvalue weighted by atomic mass is 10.2. The van der Waals surface area contributed by atoms with E-state index in [9.17, 15) is 9.59 Å². The summed E-state index contributed by atoms with van der Waals surface area (Å²) in [5, 5.41) is 17.6. The number of nitrogens with one attached hydrogen (secondary N) is 3. The smallest absolute Gasteiger partial charge is 0.266 e. The number of piperazine rings is 1. The van der Waals surface area contributed by atoms with Crippen LogP contribution in [-0.2, 0) is 9.59 Å². The first-order valence-corrected chi connectivity index (χ1v) is 6.23. The van der Waals surface area contributed by atoms with Gasteiger partial charge in [-0.15, -0.1) is 0 Å². The molecule has 0 bridgehead atoms. The second-order valence-electron chi connectivity index (χ2n) is 4.15. The number of nitrogens with zero attached hydrogens (tertiary/aromatic N) is 2. The summed E-state index contributed by atoms with van der Waals surface area (Å²) in [5.74, 6) is -0.362. The van der Waals surface area contributed by atoms with Crippen molar-refractivity contribution in [3.8, 4) is 6.07 Å². The zero-order valence-corrected chi connectivity index (χ0v) is 11.0. The standard InChI is InChI=1S/C12H19N5O2/c1-10(18)16-3-2-15-9-11(8-13)12(19)17-6-4-14-5-7-17/h9,14-15H,2-7H2,1H3,(H,16,18)/b11-9-. The van der Waals surface area contributed by atoms with Crippen LogP contribution in [0.15, 0.2) is 11.8 Å². The van der Waals surface area contributed by atoms with Gasteiger partial charge in [-0.25, -0.2) is 0 Å². The quantitative estimate of drug-likeness (QED) is 0.321. The molecule has 0 spiro atoms. The highest BCUT2D eigenvalue weighted by molar-refractivity contribution is 5.97. The summed E-state index contributed by atoms with van der Waals surface area (Å²) in [6.07, 6.45) is 1.41. The maximum Gasteiger partial charge on any atom is 0.266 e. The van der Waals surface area contributed by atoms with E-state index in [4.69, 9.17) is 5.26 Å². The number of carbonyl (C=O) groups is 2. The van der Waals surface area contributed by atoms with Crippen LogP contribution in [0, 0.1) is 11.3 Å². The second-order valence-corrected chi connectivity index (χ2v) is 4.15.